The third kappa shape index (κ3) is 4.66. The molecule has 0 spiro atoms. The average molecular weight is 315 g/mol. The van der Waals surface area contributed by atoms with Gasteiger partial charge in [0.2, 0.25) is 5.91 Å². The van der Waals surface area contributed by atoms with Crippen molar-refractivity contribution in [2.75, 3.05) is 19.8 Å². The SMILES string of the molecule is C=C(C)C(=O)NCCCc1nc2ccccc2n1CCOCC. The van der Waals surface area contributed by atoms with Crippen LogP contribution in [0.3, 0.4) is 0 Å². The molecule has 5 nitrogen and oxygen atoms in total. The van der Waals surface area contributed by atoms with Gasteiger partial charge in [-0.05, 0) is 32.4 Å². The van der Waals surface area contributed by atoms with E-state index in [0.29, 0.717) is 18.7 Å². The summed E-state index contributed by atoms with van der Waals surface area (Å²) in [6.45, 7) is 10.2. The van der Waals surface area contributed by atoms with Crippen LogP contribution in [0.4, 0.5) is 0 Å². The van der Waals surface area contributed by atoms with E-state index in [2.05, 4.69) is 22.5 Å². The van der Waals surface area contributed by atoms with Crippen molar-refractivity contribution in [3.63, 3.8) is 0 Å². The van der Waals surface area contributed by atoms with Crippen molar-refractivity contribution in [1.29, 1.82) is 0 Å². The highest BCUT2D eigenvalue weighted by Crippen LogP contribution is 2.17. The molecule has 1 amide bonds. The average Bonchev–Trinajstić information content (AvgIpc) is 2.89. The molecule has 0 fully saturated rings. The van der Waals surface area contributed by atoms with Crippen molar-refractivity contribution in [2.24, 2.45) is 0 Å². The van der Waals surface area contributed by atoms with E-state index in [4.69, 9.17) is 9.72 Å². The number of hydrogen-bond acceptors (Lipinski definition) is 3. The summed E-state index contributed by atoms with van der Waals surface area (Å²) in [5, 5.41) is 2.86. The quantitative estimate of drug-likeness (QED) is 0.572. The molecule has 0 unspecified atom stereocenters. The van der Waals surface area contributed by atoms with Gasteiger partial charge >= 0.3 is 0 Å². The first-order valence-electron chi connectivity index (χ1n) is 8.09. The molecule has 2 aromatic rings. The van der Waals surface area contributed by atoms with E-state index >= 15 is 0 Å². The molecule has 5 heteroatoms. The summed E-state index contributed by atoms with van der Waals surface area (Å²) in [6.07, 6.45) is 1.66. The van der Waals surface area contributed by atoms with Gasteiger partial charge in [0.25, 0.3) is 0 Å². The van der Waals surface area contributed by atoms with E-state index in [0.717, 1.165) is 42.9 Å². The fourth-order valence-electron chi connectivity index (χ4n) is 2.47. The molecule has 2 rings (SSSR count). The van der Waals surface area contributed by atoms with Gasteiger partial charge in [-0.15, -0.1) is 0 Å². The summed E-state index contributed by atoms with van der Waals surface area (Å²) in [6, 6.07) is 8.14. The minimum atomic E-state index is -0.0881. The van der Waals surface area contributed by atoms with E-state index in [1.54, 1.807) is 6.92 Å². The van der Waals surface area contributed by atoms with Gasteiger partial charge in [0, 0.05) is 31.7 Å². The monoisotopic (exact) mass is 315 g/mol. The summed E-state index contributed by atoms with van der Waals surface area (Å²) in [5.41, 5.74) is 2.67. The zero-order valence-electron chi connectivity index (χ0n) is 14.0. The number of imidazole rings is 1. The van der Waals surface area contributed by atoms with Crippen molar-refractivity contribution >= 4 is 16.9 Å². The van der Waals surface area contributed by atoms with Gasteiger partial charge in [0.05, 0.1) is 17.6 Å². The van der Waals surface area contributed by atoms with Gasteiger partial charge in [-0.1, -0.05) is 18.7 Å². The number of fused-ring (bicyclic) bond motifs is 1. The van der Waals surface area contributed by atoms with Crippen LogP contribution >= 0.6 is 0 Å². The molecule has 0 saturated carbocycles. The number of ether oxygens (including phenoxy) is 1. The molecule has 1 aromatic carbocycles. The van der Waals surface area contributed by atoms with Crippen LogP contribution in [0.5, 0.6) is 0 Å². The molecule has 23 heavy (non-hydrogen) atoms. The summed E-state index contributed by atoms with van der Waals surface area (Å²) < 4.78 is 7.69. The second kappa shape index (κ2) is 8.48. The Morgan fingerprint density at radius 1 is 1.39 bits per heavy atom. The number of benzene rings is 1. The summed E-state index contributed by atoms with van der Waals surface area (Å²) in [5.74, 6) is 0.949. The highest BCUT2D eigenvalue weighted by Gasteiger charge is 2.10. The molecule has 1 heterocycles. The lowest BCUT2D eigenvalue weighted by molar-refractivity contribution is -0.117. The maximum absolute atomic E-state index is 11.5. The van der Waals surface area contributed by atoms with Crippen molar-refractivity contribution in [2.45, 2.75) is 33.2 Å². The molecular formula is C18H25N3O2. The first-order chi connectivity index (χ1) is 11.1. The van der Waals surface area contributed by atoms with Crippen LogP contribution in [0.2, 0.25) is 0 Å². The lowest BCUT2D eigenvalue weighted by Gasteiger charge is -2.10. The van der Waals surface area contributed by atoms with Crippen molar-refractivity contribution in [1.82, 2.24) is 14.9 Å². The predicted molar refractivity (Wildman–Crippen MR) is 92.4 cm³/mol. The van der Waals surface area contributed by atoms with E-state index in [1.165, 1.54) is 0 Å². The Bertz CT molecular complexity index is 676. The standard InChI is InChI=1S/C18H25N3O2/c1-4-23-13-12-21-16-9-6-5-8-15(16)20-17(21)10-7-11-19-18(22)14(2)3/h5-6,8-9H,2,4,7,10-13H2,1,3H3,(H,19,22). The molecule has 0 saturated heterocycles. The third-order valence-corrected chi connectivity index (χ3v) is 3.65. The predicted octanol–water partition coefficient (Wildman–Crippen LogP) is 2.70. The number of nitrogens with one attached hydrogen (secondary N) is 1. The van der Waals surface area contributed by atoms with Crippen molar-refractivity contribution in [3.05, 3.63) is 42.2 Å². The van der Waals surface area contributed by atoms with Crippen molar-refractivity contribution in [3.8, 4) is 0 Å². The molecule has 0 radical (unpaired) electrons. The lowest BCUT2D eigenvalue weighted by Crippen LogP contribution is -2.25. The first kappa shape index (κ1) is 17.2. The number of amides is 1. The Morgan fingerprint density at radius 2 is 2.17 bits per heavy atom. The minimum absolute atomic E-state index is 0.0881. The molecule has 1 aromatic heterocycles. The Kier molecular flexibility index (Phi) is 6.35. The summed E-state index contributed by atoms with van der Waals surface area (Å²) in [4.78, 5) is 16.2. The topological polar surface area (TPSA) is 56.2 Å². The van der Waals surface area contributed by atoms with E-state index in [1.807, 2.05) is 25.1 Å². The Balaban J connectivity index is 2.02. The Labute approximate surface area is 137 Å². The number of para-hydroxylation sites is 2. The number of rotatable bonds is 9. The highest BCUT2D eigenvalue weighted by molar-refractivity contribution is 5.92. The summed E-state index contributed by atoms with van der Waals surface area (Å²) in [7, 11) is 0. The zero-order chi connectivity index (χ0) is 16.7. The number of aryl methyl sites for hydroxylation is 1. The number of carbonyl (C=O) groups excluding carboxylic acids is 1. The second-order valence-electron chi connectivity index (χ2n) is 5.51. The van der Waals surface area contributed by atoms with Crippen LogP contribution in [-0.2, 0) is 22.5 Å². The minimum Gasteiger partial charge on any atom is -0.380 e. The maximum atomic E-state index is 11.5. The van der Waals surface area contributed by atoms with Gasteiger partial charge < -0.3 is 14.6 Å². The number of carbonyl (C=O) groups is 1. The van der Waals surface area contributed by atoms with E-state index in [-0.39, 0.29) is 5.91 Å². The molecule has 0 bridgehead atoms. The van der Waals surface area contributed by atoms with E-state index < -0.39 is 0 Å². The van der Waals surface area contributed by atoms with Gasteiger partial charge in [-0.3, -0.25) is 4.79 Å². The van der Waals surface area contributed by atoms with E-state index in [9.17, 15) is 4.79 Å². The van der Waals surface area contributed by atoms with Gasteiger partial charge in [-0.2, -0.15) is 0 Å². The van der Waals surface area contributed by atoms with Gasteiger partial charge in [0.15, 0.2) is 0 Å². The Morgan fingerprint density at radius 3 is 2.91 bits per heavy atom. The Hall–Kier alpha value is -2.14. The fourth-order valence-corrected chi connectivity index (χ4v) is 2.47. The fraction of sp³-hybridized carbons (Fsp3) is 0.444. The summed E-state index contributed by atoms with van der Waals surface area (Å²) >= 11 is 0. The maximum Gasteiger partial charge on any atom is 0.246 e. The van der Waals surface area contributed by atoms with Crippen molar-refractivity contribution < 1.29 is 9.53 Å². The van der Waals surface area contributed by atoms with Crippen LogP contribution in [0.15, 0.2) is 36.4 Å². The second-order valence-corrected chi connectivity index (χ2v) is 5.51. The highest BCUT2D eigenvalue weighted by atomic mass is 16.5. The molecule has 0 atom stereocenters. The lowest BCUT2D eigenvalue weighted by atomic mass is 10.2. The largest absolute Gasteiger partial charge is 0.380 e. The third-order valence-electron chi connectivity index (χ3n) is 3.65. The smallest absolute Gasteiger partial charge is 0.246 e. The molecule has 0 aliphatic carbocycles. The van der Waals surface area contributed by atoms with Crippen LogP contribution in [0.1, 0.15) is 26.1 Å². The number of hydrogen-bond donors (Lipinski definition) is 1. The molecule has 0 aliphatic heterocycles. The van der Waals surface area contributed by atoms with Crippen LogP contribution < -0.4 is 5.32 Å². The molecule has 124 valence electrons. The van der Waals surface area contributed by atoms with Gasteiger partial charge in [0.1, 0.15) is 5.82 Å². The first-order valence-corrected chi connectivity index (χ1v) is 8.09. The molecular weight excluding hydrogens is 290 g/mol. The molecule has 0 aliphatic rings. The van der Waals surface area contributed by atoms with Gasteiger partial charge in [-0.25, -0.2) is 4.98 Å². The number of aromatic nitrogens is 2. The number of nitrogens with zero attached hydrogens (tertiary/aromatic N) is 2. The zero-order valence-corrected chi connectivity index (χ0v) is 14.0. The van der Waals surface area contributed by atoms with Crippen LogP contribution in [0.25, 0.3) is 11.0 Å². The van der Waals surface area contributed by atoms with Crippen LogP contribution in [0, 0.1) is 0 Å². The van der Waals surface area contributed by atoms with Crippen LogP contribution in [-0.4, -0.2) is 35.2 Å². The molecule has 1 N–H and O–H groups in total. The normalized spacial score (nSPS) is 10.9.